The average Bonchev–Trinajstić information content (AvgIpc) is 2.87. The number of carboxylic acids is 1. The lowest BCUT2D eigenvalue weighted by atomic mass is 10.0. The minimum absolute atomic E-state index is 0.136. The Hall–Kier alpha value is -2.63. The second-order valence-corrected chi connectivity index (χ2v) is 5.63. The summed E-state index contributed by atoms with van der Waals surface area (Å²) in [4.78, 5) is 23.9. The predicted octanol–water partition coefficient (Wildman–Crippen LogP) is 2.03. The molecule has 0 aliphatic rings. The highest BCUT2D eigenvalue weighted by atomic mass is 16.4. The zero-order valence-corrected chi connectivity index (χ0v) is 14.2. The van der Waals surface area contributed by atoms with E-state index in [1.165, 1.54) is 0 Å². The number of aromatic nitrogens is 2. The lowest BCUT2D eigenvalue weighted by Crippen LogP contribution is -2.35. The molecular formula is C18H23N3O3. The van der Waals surface area contributed by atoms with Crippen molar-refractivity contribution in [3.63, 3.8) is 0 Å². The Morgan fingerprint density at radius 3 is 2.42 bits per heavy atom. The molecule has 0 aliphatic heterocycles. The van der Waals surface area contributed by atoms with E-state index >= 15 is 0 Å². The van der Waals surface area contributed by atoms with Crippen LogP contribution in [0.25, 0.3) is 0 Å². The second kappa shape index (κ2) is 7.77. The molecule has 0 unspecified atom stereocenters. The van der Waals surface area contributed by atoms with Gasteiger partial charge in [-0.15, -0.1) is 0 Å². The summed E-state index contributed by atoms with van der Waals surface area (Å²) in [6.45, 7) is 4.01. The maximum absolute atomic E-state index is 12.4. The zero-order chi connectivity index (χ0) is 17.7. The van der Waals surface area contributed by atoms with Crippen LogP contribution in [0.5, 0.6) is 0 Å². The van der Waals surface area contributed by atoms with Gasteiger partial charge in [-0.1, -0.05) is 44.2 Å². The molecule has 0 saturated carbocycles. The fourth-order valence-electron chi connectivity index (χ4n) is 2.90. The standard InChI is InChI=1S/C18H23N3O3/c1-4-14-13(15(5-2)21(3)20-14)11-16(22)19-17(18(23)24)12-9-7-6-8-10-12/h6-10,17H,4-5,11H2,1-3H3,(H,19,22)(H,23,24)/t17-/m1/s1. The molecule has 1 atom stereocenters. The van der Waals surface area contributed by atoms with Crippen molar-refractivity contribution in [1.82, 2.24) is 15.1 Å². The Labute approximate surface area is 141 Å². The highest BCUT2D eigenvalue weighted by Gasteiger charge is 2.23. The van der Waals surface area contributed by atoms with Gasteiger partial charge in [0.2, 0.25) is 5.91 Å². The van der Waals surface area contributed by atoms with Crippen molar-refractivity contribution < 1.29 is 14.7 Å². The number of hydrogen-bond acceptors (Lipinski definition) is 3. The van der Waals surface area contributed by atoms with E-state index in [1.54, 1.807) is 35.0 Å². The Kier molecular flexibility index (Phi) is 5.73. The smallest absolute Gasteiger partial charge is 0.330 e. The third-order valence-corrected chi connectivity index (χ3v) is 4.05. The lowest BCUT2D eigenvalue weighted by molar-refractivity contribution is -0.141. The molecule has 1 aromatic heterocycles. The number of hydrogen-bond donors (Lipinski definition) is 2. The van der Waals surface area contributed by atoms with Crippen LogP contribution in [0.2, 0.25) is 0 Å². The monoisotopic (exact) mass is 329 g/mol. The lowest BCUT2D eigenvalue weighted by Gasteiger charge is -2.15. The Balaban J connectivity index is 2.19. The van der Waals surface area contributed by atoms with Crippen molar-refractivity contribution in [2.24, 2.45) is 7.05 Å². The Morgan fingerprint density at radius 2 is 1.88 bits per heavy atom. The average molecular weight is 329 g/mol. The van der Waals surface area contributed by atoms with Crippen LogP contribution in [-0.2, 0) is 35.9 Å². The summed E-state index contributed by atoms with van der Waals surface area (Å²) in [5.74, 6) is -1.39. The topological polar surface area (TPSA) is 84.2 Å². The van der Waals surface area contributed by atoms with E-state index in [0.717, 1.165) is 29.8 Å². The molecule has 2 rings (SSSR count). The predicted molar refractivity (Wildman–Crippen MR) is 90.6 cm³/mol. The summed E-state index contributed by atoms with van der Waals surface area (Å²) in [5, 5.41) is 16.5. The minimum atomic E-state index is -1.08. The van der Waals surface area contributed by atoms with Gasteiger partial charge >= 0.3 is 5.97 Å². The first-order valence-corrected chi connectivity index (χ1v) is 8.08. The van der Waals surface area contributed by atoms with Crippen LogP contribution >= 0.6 is 0 Å². The highest BCUT2D eigenvalue weighted by molar-refractivity contribution is 5.86. The SMILES string of the molecule is CCc1nn(C)c(CC)c1CC(=O)N[C@@H](C(=O)O)c1ccccc1. The number of aliphatic carboxylic acids is 1. The van der Waals surface area contributed by atoms with E-state index in [1.807, 2.05) is 20.9 Å². The third-order valence-electron chi connectivity index (χ3n) is 4.05. The van der Waals surface area contributed by atoms with Crippen molar-refractivity contribution in [1.29, 1.82) is 0 Å². The maximum Gasteiger partial charge on any atom is 0.330 e. The normalized spacial score (nSPS) is 12.0. The van der Waals surface area contributed by atoms with E-state index in [0.29, 0.717) is 5.56 Å². The van der Waals surface area contributed by atoms with Gasteiger partial charge in [0.15, 0.2) is 6.04 Å². The molecule has 0 bridgehead atoms. The number of carbonyl (C=O) groups excluding carboxylic acids is 1. The molecule has 0 spiro atoms. The van der Waals surface area contributed by atoms with Crippen LogP contribution in [0.3, 0.4) is 0 Å². The summed E-state index contributed by atoms with van der Waals surface area (Å²) < 4.78 is 1.80. The van der Waals surface area contributed by atoms with Gasteiger partial charge in [0.1, 0.15) is 0 Å². The number of amides is 1. The van der Waals surface area contributed by atoms with E-state index in [4.69, 9.17) is 0 Å². The Bertz CT molecular complexity index is 723. The van der Waals surface area contributed by atoms with Gasteiger partial charge in [-0.3, -0.25) is 9.48 Å². The summed E-state index contributed by atoms with van der Waals surface area (Å²) in [6.07, 6.45) is 1.64. The molecule has 2 N–H and O–H groups in total. The van der Waals surface area contributed by atoms with Gasteiger partial charge < -0.3 is 10.4 Å². The molecule has 1 amide bonds. The molecular weight excluding hydrogens is 306 g/mol. The molecule has 0 radical (unpaired) electrons. The molecule has 6 heteroatoms. The van der Waals surface area contributed by atoms with Gasteiger partial charge in [0.25, 0.3) is 0 Å². The molecule has 2 aromatic rings. The largest absolute Gasteiger partial charge is 0.479 e. The first-order chi connectivity index (χ1) is 11.5. The molecule has 1 heterocycles. The molecule has 0 fully saturated rings. The van der Waals surface area contributed by atoms with Crippen LogP contribution in [0.1, 0.15) is 42.4 Å². The quantitative estimate of drug-likeness (QED) is 0.814. The Morgan fingerprint density at radius 1 is 1.21 bits per heavy atom. The summed E-state index contributed by atoms with van der Waals surface area (Å²) in [7, 11) is 1.86. The highest BCUT2D eigenvalue weighted by Crippen LogP contribution is 2.18. The number of rotatable bonds is 7. The maximum atomic E-state index is 12.4. The number of aryl methyl sites for hydroxylation is 2. The fourth-order valence-corrected chi connectivity index (χ4v) is 2.90. The van der Waals surface area contributed by atoms with Gasteiger partial charge in [0.05, 0.1) is 12.1 Å². The van der Waals surface area contributed by atoms with Crippen molar-refractivity contribution >= 4 is 11.9 Å². The van der Waals surface area contributed by atoms with E-state index in [9.17, 15) is 14.7 Å². The second-order valence-electron chi connectivity index (χ2n) is 5.63. The molecule has 1 aromatic carbocycles. The van der Waals surface area contributed by atoms with Crippen LogP contribution in [0, 0.1) is 0 Å². The fraction of sp³-hybridized carbons (Fsp3) is 0.389. The molecule has 0 saturated heterocycles. The van der Waals surface area contributed by atoms with E-state index in [2.05, 4.69) is 10.4 Å². The zero-order valence-electron chi connectivity index (χ0n) is 14.2. The summed E-state index contributed by atoms with van der Waals surface area (Å²) in [6, 6.07) is 7.65. The van der Waals surface area contributed by atoms with Crippen LogP contribution in [-0.4, -0.2) is 26.8 Å². The summed E-state index contributed by atoms with van der Waals surface area (Å²) in [5.41, 5.74) is 3.35. The number of nitrogens with one attached hydrogen (secondary N) is 1. The van der Waals surface area contributed by atoms with Crippen LogP contribution in [0.4, 0.5) is 0 Å². The first-order valence-electron chi connectivity index (χ1n) is 8.08. The number of benzene rings is 1. The van der Waals surface area contributed by atoms with Crippen molar-refractivity contribution in [3.8, 4) is 0 Å². The minimum Gasteiger partial charge on any atom is -0.479 e. The molecule has 0 aliphatic carbocycles. The van der Waals surface area contributed by atoms with Gasteiger partial charge in [-0.2, -0.15) is 5.10 Å². The number of nitrogens with zero attached hydrogens (tertiary/aromatic N) is 2. The first kappa shape index (κ1) is 17.7. The molecule has 6 nitrogen and oxygen atoms in total. The van der Waals surface area contributed by atoms with Crippen molar-refractivity contribution in [3.05, 3.63) is 52.8 Å². The summed E-state index contributed by atoms with van der Waals surface area (Å²) >= 11 is 0. The number of carboxylic acid groups (broad SMARTS) is 1. The van der Waals surface area contributed by atoms with Gasteiger partial charge in [-0.05, 0) is 18.4 Å². The molecule has 128 valence electrons. The van der Waals surface area contributed by atoms with Crippen molar-refractivity contribution in [2.75, 3.05) is 0 Å². The van der Waals surface area contributed by atoms with Crippen molar-refractivity contribution in [2.45, 2.75) is 39.2 Å². The van der Waals surface area contributed by atoms with Gasteiger partial charge in [0, 0.05) is 18.3 Å². The van der Waals surface area contributed by atoms with Crippen LogP contribution in [0.15, 0.2) is 30.3 Å². The van der Waals surface area contributed by atoms with E-state index in [-0.39, 0.29) is 12.3 Å². The van der Waals surface area contributed by atoms with Gasteiger partial charge in [-0.25, -0.2) is 4.79 Å². The van der Waals surface area contributed by atoms with E-state index < -0.39 is 12.0 Å². The van der Waals surface area contributed by atoms with Crippen LogP contribution < -0.4 is 5.32 Å². The molecule has 24 heavy (non-hydrogen) atoms. The third kappa shape index (κ3) is 3.82. The number of carbonyl (C=O) groups is 2.